The molecule has 2 aliphatic rings. The van der Waals surface area contributed by atoms with Crippen LogP contribution in [0.5, 0.6) is 5.75 Å². The number of nitrogens with one attached hydrogen (secondary N) is 1. The molecular weight excluding hydrogens is 336 g/mol. The van der Waals surface area contributed by atoms with Crippen LogP contribution >= 0.6 is 0 Å². The normalized spacial score (nSPS) is 20.4. The predicted molar refractivity (Wildman–Crippen MR) is 93.9 cm³/mol. The molecule has 2 N–H and O–H groups in total. The van der Waals surface area contributed by atoms with Gasteiger partial charge in [0.05, 0.1) is 13.0 Å². The molecule has 1 aliphatic carbocycles. The Morgan fingerprint density at radius 2 is 2.04 bits per heavy atom. The molecule has 1 unspecified atom stereocenters. The van der Waals surface area contributed by atoms with Crippen molar-refractivity contribution in [3.05, 3.63) is 29.3 Å². The molecule has 0 aromatic heterocycles. The van der Waals surface area contributed by atoms with Gasteiger partial charge in [-0.05, 0) is 30.5 Å². The summed E-state index contributed by atoms with van der Waals surface area (Å²) in [5, 5.41) is 12.0. The molecule has 26 heavy (non-hydrogen) atoms. The molecular formula is C19H24N2O5. The zero-order valence-electron chi connectivity index (χ0n) is 14.9. The van der Waals surface area contributed by atoms with Gasteiger partial charge in [-0.1, -0.05) is 18.9 Å². The molecule has 1 heterocycles. The minimum absolute atomic E-state index is 0.0581. The van der Waals surface area contributed by atoms with Gasteiger partial charge in [-0.25, -0.2) is 4.79 Å². The van der Waals surface area contributed by atoms with Gasteiger partial charge in [-0.3, -0.25) is 9.59 Å². The smallest absolute Gasteiger partial charge is 0.339 e. The maximum absolute atomic E-state index is 12.4. The molecule has 1 atom stereocenters. The number of hydrogen-bond acceptors (Lipinski definition) is 4. The van der Waals surface area contributed by atoms with E-state index in [0.717, 1.165) is 25.7 Å². The lowest BCUT2D eigenvalue weighted by Crippen LogP contribution is -2.36. The third-order valence-corrected chi connectivity index (χ3v) is 5.26. The number of carbonyl (C=O) groups is 3. The average molecular weight is 360 g/mol. The summed E-state index contributed by atoms with van der Waals surface area (Å²) < 4.78 is 5.03. The molecule has 1 aliphatic heterocycles. The van der Waals surface area contributed by atoms with Gasteiger partial charge < -0.3 is 20.1 Å². The Bertz CT molecular complexity index is 712. The molecule has 7 heteroatoms. The van der Waals surface area contributed by atoms with Gasteiger partial charge >= 0.3 is 5.97 Å². The number of ether oxygens (including phenoxy) is 1. The van der Waals surface area contributed by atoms with Gasteiger partial charge in [0.2, 0.25) is 11.8 Å². The number of nitrogens with zero attached hydrogens (tertiary/aromatic N) is 1. The third-order valence-electron chi connectivity index (χ3n) is 5.26. The fraction of sp³-hybridized carbons (Fsp3) is 0.526. The van der Waals surface area contributed by atoms with Crippen molar-refractivity contribution in [1.29, 1.82) is 0 Å². The van der Waals surface area contributed by atoms with Crippen LogP contribution in [-0.2, 0) is 16.1 Å². The molecule has 3 rings (SSSR count). The van der Waals surface area contributed by atoms with Gasteiger partial charge in [-0.2, -0.15) is 0 Å². The topological polar surface area (TPSA) is 95.9 Å². The van der Waals surface area contributed by atoms with Crippen LogP contribution in [0.25, 0.3) is 0 Å². The first kappa shape index (κ1) is 18.2. The van der Waals surface area contributed by atoms with Gasteiger partial charge in [0.25, 0.3) is 0 Å². The highest BCUT2D eigenvalue weighted by Crippen LogP contribution is 2.29. The Labute approximate surface area is 152 Å². The minimum Gasteiger partial charge on any atom is -0.496 e. The molecule has 1 saturated heterocycles. The second kappa shape index (κ2) is 7.76. The van der Waals surface area contributed by atoms with Crippen molar-refractivity contribution >= 4 is 17.8 Å². The molecule has 1 aromatic carbocycles. The van der Waals surface area contributed by atoms with Crippen molar-refractivity contribution in [2.75, 3.05) is 13.7 Å². The van der Waals surface area contributed by atoms with Gasteiger partial charge in [0.1, 0.15) is 11.3 Å². The number of likely N-dealkylation sites (tertiary alicyclic amines) is 1. The van der Waals surface area contributed by atoms with Gasteiger partial charge in [-0.15, -0.1) is 0 Å². The summed E-state index contributed by atoms with van der Waals surface area (Å²) in [6.07, 6.45) is 4.61. The van der Waals surface area contributed by atoms with E-state index in [-0.39, 0.29) is 42.0 Å². The Balaban J connectivity index is 1.58. The van der Waals surface area contributed by atoms with E-state index < -0.39 is 5.97 Å². The number of amides is 2. The lowest BCUT2D eigenvalue weighted by molar-refractivity contribution is -0.130. The molecule has 2 amide bonds. The Hall–Kier alpha value is -2.57. The fourth-order valence-electron chi connectivity index (χ4n) is 3.84. The maximum atomic E-state index is 12.4. The lowest BCUT2D eigenvalue weighted by Gasteiger charge is -2.23. The van der Waals surface area contributed by atoms with Crippen molar-refractivity contribution in [1.82, 2.24) is 10.2 Å². The van der Waals surface area contributed by atoms with E-state index in [1.165, 1.54) is 13.2 Å². The first-order valence-electron chi connectivity index (χ1n) is 8.97. The molecule has 0 bridgehead atoms. The summed E-state index contributed by atoms with van der Waals surface area (Å²) in [6.45, 7) is 0.704. The van der Waals surface area contributed by atoms with Crippen molar-refractivity contribution in [2.24, 2.45) is 5.92 Å². The van der Waals surface area contributed by atoms with E-state index >= 15 is 0 Å². The number of benzene rings is 1. The highest BCUT2D eigenvalue weighted by molar-refractivity contribution is 5.91. The second-order valence-electron chi connectivity index (χ2n) is 6.94. The number of carbonyl (C=O) groups excluding carboxylic acids is 2. The highest BCUT2D eigenvalue weighted by Gasteiger charge is 2.38. The molecule has 0 spiro atoms. The monoisotopic (exact) mass is 360 g/mol. The van der Waals surface area contributed by atoms with E-state index in [1.54, 1.807) is 12.1 Å². The van der Waals surface area contributed by atoms with E-state index in [9.17, 15) is 19.5 Å². The van der Waals surface area contributed by atoms with Crippen LogP contribution in [0.4, 0.5) is 0 Å². The summed E-state index contributed by atoms with van der Waals surface area (Å²) in [4.78, 5) is 37.8. The predicted octanol–water partition coefficient (Wildman–Crippen LogP) is 1.80. The summed E-state index contributed by atoms with van der Waals surface area (Å²) in [5.74, 6) is -1.23. The van der Waals surface area contributed by atoms with Crippen LogP contribution in [0.1, 0.15) is 48.0 Å². The number of methoxy groups -OCH3 is 1. The van der Waals surface area contributed by atoms with Crippen LogP contribution in [0.2, 0.25) is 0 Å². The van der Waals surface area contributed by atoms with E-state index in [4.69, 9.17) is 4.74 Å². The molecule has 0 radical (unpaired) electrons. The quantitative estimate of drug-likeness (QED) is 0.806. The SMILES string of the molecule is COc1ccc(CNC(=O)C2CC(=O)N(C3CCCC3)C2)cc1C(=O)O. The van der Waals surface area contributed by atoms with Crippen LogP contribution in [0.3, 0.4) is 0 Å². The highest BCUT2D eigenvalue weighted by atomic mass is 16.5. The van der Waals surface area contributed by atoms with Crippen LogP contribution in [-0.4, -0.2) is 47.5 Å². The van der Waals surface area contributed by atoms with Crippen molar-refractivity contribution in [2.45, 2.75) is 44.7 Å². The summed E-state index contributed by atoms with van der Waals surface area (Å²) >= 11 is 0. The second-order valence-corrected chi connectivity index (χ2v) is 6.94. The summed E-state index contributed by atoms with van der Waals surface area (Å²) in [6, 6.07) is 5.08. The molecule has 1 saturated carbocycles. The maximum Gasteiger partial charge on any atom is 0.339 e. The lowest BCUT2D eigenvalue weighted by atomic mass is 10.1. The number of carboxylic acid groups (broad SMARTS) is 1. The number of aromatic carboxylic acids is 1. The van der Waals surface area contributed by atoms with Crippen LogP contribution in [0, 0.1) is 5.92 Å². The van der Waals surface area contributed by atoms with Gasteiger partial charge in [0, 0.05) is 25.6 Å². The van der Waals surface area contributed by atoms with Crippen LogP contribution in [0.15, 0.2) is 18.2 Å². The largest absolute Gasteiger partial charge is 0.496 e. The molecule has 140 valence electrons. The summed E-state index contributed by atoms with van der Waals surface area (Å²) in [5.41, 5.74) is 0.733. The van der Waals surface area contributed by atoms with E-state index in [0.29, 0.717) is 18.2 Å². The Morgan fingerprint density at radius 1 is 1.31 bits per heavy atom. The Morgan fingerprint density at radius 3 is 2.69 bits per heavy atom. The zero-order chi connectivity index (χ0) is 18.7. The number of carboxylic acids is 1. The number of hydrogen-bond donors (Lipinski definition) is 2. The van der Waals surface area contributed by atoms with Gasteiger partial charge in [0.15, 0.2) is 0 Å². The minimum atomic E-state index is -1.08. The molecule has 2 fully saturated rings. The van der Waals surface area contributed by atoms with E-state index in [1.807, 2.05) is 4.90 Å². The standard InChI is InChI=1S/C19H24N2O5/c1-26-16-7-6-12(8-15(16)19(24)25)10-20-18(23)13-9-17(22)21(11-13)14-4-2-3-5-14/h6-8,13-14H,2-5,9-11H2,1H3,(H,20,23)(H,24,25). The first-order chi connectivity index (χ1) is 12.5. The molecule has 7 nitrogen and oxygen atoms in total. The van der Waals surface area contributed by atoms with Crippen molar-refractivity contribution in [3.8, 4) is 5.75 Å². The van der Waals surface area contributed by atoms with E-state index in [2.05, 4.69) is 5.32 Å². The number of rotatable bonds is 6. The zero-order valence-corrected chi connectivity index (χ0v) is 14.9. The fourth-order valence-corrected chi connectivity index (χ4v) is 3.84. The third kappa shape index (κ3) is 3.81. The Kier molecular flexibility index (Phi) is 5.44. The van der Waals surface area contributed by atoms with Crippen molar-refractivity contribution < 1.29 is 24.2 Å². The van der Waals surface area contributed by atoms with Crippen molar-refractivity contribution in [3.63, 3.8) is 0 Å². The first-order valence-corrected chi connectivity index (χ1v) is 8.97. The summed E-state index contributed by atoms with van der Waals surface area (Å²) in [7, 11) is 1.41. The average Bonchev–Trinajstić information content (AvgIpc) is 3.28. The van der Waals surface area contributed by atoms with Crippen LogP contribution < -0.4 is 10.1 Å². The molecule has 1 aromatic rings.